The van der Waals surface area contributed by atoms with Crippen LogP contribution in [0.15, 0.2) is 84.9 Å². The summed E-state index contributed by atoms with van der Waals surface area (Å²) in [6.45, 7) is -0.235. The number of nitrogens with zero attached hydrogens (tertiary/aromatic N) is 2. The van der Waals surface area contributed by atoms with E-state index in [1.807, 2.05) is 12.1 Å². The molecule has 3 aromatic rings. The highest BCUT2D eigenvalue weighted by atomic mass is 16.2. The molecule has 0 unspecified atom stereocenters. The van der Waals surface area contributed by atoms with Crippen molar-refractivity contribution in [3.05, 3.63) is 96.1 Å². The first-order chi connectivity index (χ1) is 16.3. The Morgan fingerprint density at radius 1 is 0.559 bits per heavy atom. The molecular formula is C26H26N4O4. The van der Waals surface area contributed by atoms with Crippen molar-refractivity contribution in [1.82, 2.24) is 9.80 Å². The Kier molecular flexibility index (Phi) is 8.12. The zero-order valence-electron chi connectivity index (χ0n) is 19.0. The van der Waals surface area contributed by atoms with Gasteiger partial charge in [0.05, 0.1) is 13.1 Å². The van der Waals surface area contributed by atoms with Gasteiger partial charge in [0.15, 0.2) is 0 Å². The fraction of sp³-hybridized carbons (Fsp3) is 0.154. The second-order valence-corrected chi connectivity index (χ2v) is 7.73. The third-order valence-corrected chi connectivity index (χ3v) is 4.95. The van der Waals surface area contributed by atoms with Gasteiger partial charge in [-0.1, -0.05) is 36.4 Å². The number of anilines is 2. The van der Waals surface area contributed by atoms with Crippen molar-refractivity contribution >= 4 is 35.0 Å². The lowest BCUT2D eigenvalue weighted by molar-refractivity contribution is -0.117. The van der Waals surface area contributed by atoms with Crippen LogP contribution in [0, 0.1) is 0 Å². The average Bonchev–Trinajstić information content (AvgIpc) is 2.84. The molecule has 0 bridgehead atoms. The van der Waals surface area contributed by atoms with E-state index in [0.717, 1.165) is 0 Å². The molecule has 4 amide bonds. The van der Waals surface area contributed by atoms with Crippen molar-refractivity contribution in [1.29, 1.82) is 0 Å². The number of likely N-dealkylation sites (N-methyl/N-ethyl adjacent to an activating group) is 2. The molecule has 0 radical (unpaired) electrons. The lowest BCUT2D eigenvalue weighted by Gasteiger charge is -2.18. The molecule has 0 spiro atoms. The number of benzene rings is 3. The van der Waals surface area contributed by atoms with Gasteiger partial charge in [-0.2, -0.15) is 0 Å². The molecule has 0 fully saturated rings. The molecule has 2 N–H and O–H groups in total. The minimum atomic E-state index is -0.349. The first kappa shape index (κ1) is 24.2. The van der Waals surface area contributed by atoms with Crippen LogP contribution in [-0.4, -0.2) is 60.6 Å². The van der Waals surface area contributed by atoms with E-state index in [9.17, 15) is 19.2 Å². The first-order valence-electron chi connectivity index (χ1n) is 10.6. The van der Waals surface area contributed by atoms with Gasteiger partial charge in [0.1, 0.15) is 0 Å². The third kappa shape index (κ3) is 6.77. The van der Waals surface area contributed by atoms with E-state index in [4.69, 9.17) is 0 Å². The Morgan fingerprint density at radius 3 is 1.21 bits per heavy atom. The Bertz CT molecular complexity index is 1060. The molecule has 0 aromatic heterocycles. The molecule has 0 atom stereocenters. The van der Waals surface area contributed by atoms with Gasteiger partial charge in [0, 0.05) is 36.6 Å². The highest BCUT2D eigenvalue weighted by molar-refractivity contribution is 6.01. The quantitative estimate of drug-likeness (QED) is 0.542. The van der Waals surface area contributed by atoms with E-state index in [2.05, 4.69) is 10.6 Å². The van der Waals surface area contributed by atoms with Crippen LogP contribution in [0.5, 0.6) is 0 Å². The lowest BCUT2D eigenvalue weighted by Crippen LogP contribution is -2.35. The van der Waals surface area contributed by atoms with E-state index in [1.165, 1.54) is 48.2 Å². The number of nitrogens with one attached hydrogen (secondary N) is 2. The number of para-hydroxylation sites is 2. The Morgan fingerprint density at radius 2 is 0.882 bits per heavy atom. The highest BCUT2D eigenvalue weighted by Gasteiger charge is 2.18. The van der Waals surface area contributed by atoms with Crippen molar-refractivity contribution in [3.8, 4) is 0 Å². The molecule has 0 aliphatic heterocycles. The van der Waals surface area contributed by atoms with Gasteiger partial charge in [-0.25, -0.2) is 0 Å². The first-order valence-corrected chi connectivity index (χ1v) is 10.6. The second-order valence-electron chi connectivity index (χ2n) is 7.73. The number of hydrogen-bond donors (Lipinski definition) is 2. The summed E-state index contributed by atoms with van der Waals surface area (Å²) >= 11 is 0. The van der Waals surface area contributed by atoms with Gasteiger partial charge in [0.25, 0.3) is 11.8 Å². The van der Waals surface area contributed by atoms with Crippen LogP contribution in [0.25, 0.3) is 0 Å². The minimum Gasteiger partial charge on any atom is -0.332 e. The van der Waals surface area contributed by atoms with Crippen molar-refractivity contribution in [2.24, 2.45) is 0 Å². The van der Waals surface area contributed by atoms with Gasteiger partial charge < -0.3 is 20.4 Å². The van der Waals surface area contributed by atoms with Crippen molar-refractivity contribution in [2.45, 2.75) is 0 Å². The molecule has 0 heterocycles. The van der Waals surface area contributed by atoms with Gasteiger partial charge in [-0.05, 0) is 48.5 Å². The summed E-state index contributed by atoms with van der Waals surface area (Å²) in [5.74, 6) is -1.33. The zero-order chi connectivity index (χ0) is 24.5. The van der Waals surface area contributed by atoms with Gasteiger partial charge >= 0.3 is 0 Å². The molecule has 8 heteroatoms. The van der Waals surface area contributed by atoms with Crippen molar-refractivity contribution < 1.29 is 19.2 Å². The maximum absolute atomic E-state index is 12.7. The number of rotatable bonds is 8. The van der Waals surface area contributed by atoms with Gasteiger partial charge in [0.2, 0.25) is 11.8 Å². The molecule has 3 aromatic carbocycles. The molecule has 8 nitrogen and oxygen atoms in total. The molecule has 0 saturated heterocycles. The standard InChI is InChI=1S/C26H26N4O4/c1-29(17-23(31)27-21-9-5-3-6-10-21)25(33)19-13-15-20(16-14-19)26(34)30(2)18-24(32)28-22-11-7-4-8-12-22/h3-16H,17-18H2,1-2H3,(H,27,31)(H,28,32). The molecule has 34 heavy (non-hydrogen) atoms. The fourth-order valence-electron chi connectivity index (χ4n) is 3.21. The summed E-state index contributed by atoms with van der Waals surface area (Å²) in [6, 6.07) is 24.1. The van der Waals surface area contributed by atoms with Crippen LogP contribution in [0.3, 0.4) is 0 Å². The molecule has 3 rings (SSSR count). The molecule has 174 valence electrons. The predicted molar refractivity (Wildman–Crippen MR) is 131 cm³/mol. The SMILES string of the molecule is CN(CC(=O)Nc1ccccc1)C(=O)c1ccc(C(=O)N(C)CC(=O)Nc2ccccc2)cc1. The predicted octanol–water partition coefficient (Wildman–Crippen LogP) is 3.11. The van der Waals surface area contributed by atoms with Crippen LogP contribution in [0.4, 0.5) is 11.4 Å². The number of carbonyl (C=O) groups is 4. The van der Waals surface area contributed by atoms with Crippen molar-refractivity contribution in [3.63, 3.8) is 0 Å². The van der Waals surface area contributed by atoms with E-state index >= 15 is 0 Å². The molecule has 0 saturated carbocycles. The van der Waals surface area contributed by atoms with Crippen LogP contribution in [0.2, 0.25) is 0 Å². The molecular weight excluding hydrogens is 432 g/mol. The second kappa shape index (κ2) is 11.4. The maximum atomic E-state index is 12.7. The Labute approximate surface area is 198 Å². The highest BCUT2D eigenvalue weighted by Crippen LogP contribution is 2.11. The Balaban J connectivity index is 1.53. The lowest BCUT2D eigenvalue weighted by atomic mass is 10.1. The van der Waals surface area contributed by atoms with Crippen molar-refractivity contribution in [2.75, 3.05) is 37.8 Å². The fourth-order valence-corrected chi connectivity index (χ4v) is 3.21. The monoisotopic (exact) mass is 458 g/mol. The summed E-state index contributed by atoms with van der Waals surface area (Å²) in [4.78, 5) is 52.3. The van der Waals surface area contributed by atoms with Crippen LogP contribution < -0.4 is 10.6 Å². The number of hydrogen-bond acceptors (Lipinski definition) is 4. The van der Waals surface area contributed by atoms with Gasteiger partial charge in [-0.15, -0.1) is 0 Å². The largest absolute Gasteiger partial charge is 0.332 e. The van der Waals surface area contributed by atoms with E-state index < -0.39 is 0 Å². The van der Waals surface area contributed by atoms with Crippen LogP contribution in [0.1, 0.15) is 20.7 Å². The Hall–Kier alpha value is -4.46. The van der Waals surface area contributed by atoms with E-state index in [1.54, 1.807) is 48.5 Å². The third-order valence-electron chi connectivity index (χ3n) is 4.95. The average molecular weight is 459 g/mol. The molecule has 0 aliphatic carbocycles. The van der Waals surface area contributed by atoms with Crippen LogP contribution >= 0.6 is 0 Å². The molecule has 0 aliphatic rings. The topological polar surface area (TPSA) is 98.8 Å². The number of amides is 4. The van der Waals surface area contributed by atoms with Gasteiger partial charge in [-0.3, -0.25) is 19.2 Å². The summed E-state index contributed by atoms with van der Waals surface area (Å²) in [5.41, 5.74) is 1.99. The zero-order valence-corrected chi connectivity index (χ0v) is 19.0. The van der Waals surface area contributed by atoms with E-state index in [-0.39, 0.29) is 36.7 Å². The summed E-state index contributed by atoms with van der Waals surface area (Å²) in [6.07, 6.45) is 0. The number of carbonyl (C=O) groups excluding carboxylic acids is 4. The summed E-state index contributed by atoms with van der Waals surface area (Å²) in [5, 5.41) is 5.46. The summed E-state index contributed by atoms with van der Waals surface area (Å²) < 4.78 is 0. The van der Waals surface area contributed by atoms with Crippen LogP contribution in [-0.2, 0) is 9.59 Å². The summed E-state index contributed by atoms with van der Waals surface area (Å²) in [7, 11) is 3.07. The smallest absolute Gasteiger partial charge is 0.254 e. The normalized spacial score (nSPS) is 10.2. The minimum absolute atomic E-state index is 0.117. The van der Waals surface area contributed by atoms with E-state index in [0.29, 0.717) is 22.5 Å². The maximum Gasteiger partial charge on any atom is 0.254 e.